The molecule has 0 aliphatic carbocycles. The van der Waals surface area contributed by atoms with E-state index in [-0.39, 0.29) is 31.1 Å². The van der Waals surface area contributed by atoms with Crippen LogP contribution in [0.2, 0.25) is 0 Å². The summed E-state index contributed by atoms with van der Waals surface area (Å²) in [5.41, 5.74) is 0. The lowest BCUT2D eigenvalue weighted by atomic mass is 10.1. The molecule has 0 aromatic carbocycles. The monoisotopic (exact) mass is 679 g/mol. The van der Waals surface area contributed by atoms with Crippen molar-refractivity contribution in [1.29, 1.82) is 0 Å². The molecule has 282 valence electrons. The molecule has 0 bridgehead atoms. The Kier molecular flexibility index (Phi) is 36.5. The largest absolute Gasteiger partial charge is 0.462 e. The van der Waals surface area contributed by atoms with Gasteiger partial charge < -0.3 is 14.2 Å². The van der Waals surface area contributed by atoms with Crippen LogP contribution in [0.5, 0.6) is 0 Å². The second kappa shape index (κ2) is 38.0. The molecule has 0 N–H and O–H groups in total. The molecule has 0 spiro atoms. The number of hydrogen-bond donors (Lipinski definition) is 0. The number of carbonyl (C=O) groups excluding carboxylic acids is 3. The minimum absolute atomic E-state index is 0.0697. The van der Waals surface area contributed by atoms with Gasteiger partial charge >= 0.3 is 17.9 Å². The molecule has 6 nitrogen and oxygen atoms in total. The quantitative estimate of drug-likeness (QED) is 0.0282. The van der Waals surface area contributed by atoms with Crippen molar-refractivity contribution < 1.29 is 28.6 Å². The molecule has 0 aliphatic heterocycles. The fourth-order valence-corrected chi connectivity index (χ4v) is 5.85. The highest BCUT2D eigenvalue weighted by atomic mass is 16.6. The van der Waals surface area contributed by atoms with E-state index in [0.29, 0.717) is 19.3 Å². The summed E-state index contributed by atoms with van der Waals surface area (Å²) in [7, 11) is 0. The number of ether oxygens (including phenoxy) is 3. The van der Waals surface area contributed by atoms with E-state index in [4.69, 9.17) is 14.2 Å². The molecule has 0 aromatic rings. The third-order valence-corrected chi connectivity index (χ3v) is 9.02. The first-order valence-corrected chi connectivity index (χ1v) is 20.7. The molecular weight excluding hydrogens is 600 g/mol. The lowest BCUT2D eigenvalue weighted by Crippen LogP contribution is -2.30. The van der Waals surface area contributed by atoms with Crippen molar-refractivity contribution in [2.75, 3.05) is 13.2 Å². The van der Waals surface area contributed by atoms with E-state index in [1.165, 1.54) is 116 Å². The van der Waals surface area contributed by atoms with Gasteiger partial charge in [0, 0.05) is 19.3 Å². The Balaban J connectivity index is 4.04. The van der Waals surface area contributed by atoms with Gasteiger partial charge in [-0.3, -0.25) is 14.4 Å². The van der Waals surface area contributed by atoms with Crippen LogP contribution in [0.4, 0.5) is 0 Å². The Morgan fingerprint density at radius 3 is 1.04 bits per heavy atom. The normalized spacial score (nSPS) is 12.0. The van der Waals surface area contributed by atoms with Crippen molar-refractivity contribution >= 4 is 17.9 Å². The summed E-state index contributed by atoms with van der Waals surface area (Å²) in [6.45, 7) is 6.48. The van der Waals surface area contributed by atoms with Crippen molar-refractivity contribution in [2.45, 2.75) is 226 Å². The van der Waals surface area contributed by atoms with Crippen molar-refractivity contribution in [1.82, 2.24) is 0 Å². The van der Waals surface area contributed by atoms with Gasteiger partial charge in [0.05, 0.1) is 0 Å². The molecule has 6 heteroatoms. The van der Waals surface area contributed by atoms with Gasteiger partial charge in [0.25, 0.3) is 0 Å². The summed E-state index contributed by atoms with van der Waals surface area (Å²) in [5.74, 6) is -0.894. The Morgan fingerprint density at radius 1 is 0.396 bits per heavy atom. The van der Waals surface area contributed by atoms with E-state index in [2.05, 4.69) is 32.9 Å². The van der Waals surface area contributed by atoms with Crippen LogP contribution in [0.3, 0.4) is 0 Å². The molecule has 1 unspecified atom stereocenters. The van der Waals surface area contributed by atoms with Crippen LogP contribution >= 0.6 is 0 Å². The van der Waals surface area contributed by atoms with E-state index in [9.17, 15) is 14.4 Å². The molecule has 0 heterocycles. The van der Waals surface area contributed by atoms with Crippen molar-refractivity contribution in [3.63, 3.8) is 0 Å². The van der Waals surface area contributed by atoms with Crippen molar-refractivity contribution in [3.8, 4) is 0 Å². The summed E-state index contributed by atoms with van der Waals surface area (Å²) in [4.78, 5) is 37.1. The fourth-order valence-electron chi connectivity index (χ4n) is 5.85. The van der Waals surface area contributed by atoms with Gasteiger partial charge in [-0.2, -0.15) is 0 Å². The van der Waals surface area contributed by atoms with Crippen LogP contribution in [0.15, 0.2) is 12.2 Å². The fraction of sp³-hybridized carbons (Fsp3) is 0.881. The number of unbranched alkanes of at least 4 members (excludes halogenated alkanes) is 24. The molecule has 0 amide bonds. The standard InChI is InChI=1S/C42H78O6/c1-4-7-10-13-15-16-17-18-19-20-21-22-23-24-25-26-27-30-32-35-41(44)47-38-39(37-46-40(43)34-31-28-12-9-6-3)48-42(45)36-33-29-14-11-8-5-2/h18-19,39H,4-17,20-38H2,1-3H3/b19-18-. The molecule has 0 rings (SSSR count). The van der Waals surface area contributed by atoms with E-state index in [1.807, 2.05) is 0 Å². The van der Waals surface area contributed by atoms with Crippen LogP contribution in [-0.4, -0.2) is 37.2 Å². The predicted molar refractivity (Wildman–Crippen MR) is 201 cm³/mol. The van der Waals surface area contributed by atoms with Crippen LogP contribution in [0.1, 0.15) is 220 Å². The minimum atomic E-state index is -0.758. The van der Waals surface area contributed by atoms with Gasteiger partial charge in [-0.1, -0.05) is 168 Å². The Bertz CT molecular complexity index is 748. The molecule has 0 radical (unpaired) electrons. The number of rotatable bonds is 37. The highest BCUT2D eigenvalue weighted by Gasteiger charge is 2.19. The average Bonchev–Trinajstić information content (AvgIpc) is 3.08. The van der Waals surface area contributed by atoms with Crippen molar-refractivity contribution in [3.05, 3.63) is 12.2 Å². The SMILES string of the molecule is CCCCCCCC/C=C\CCCCCCCCCCCC(=O)OCC(COC(=O)CCCCCCC)OC(=O)CCCCCCCC. The topological polar surface area (TPSA) is 78.9 Å². The summed E-state index contributed by atoms with van der Waals surface area (Å²) in [5, 5.41) is 0. The minimum Gasteiger partial charge on any atom is -0.462 e. The molecule has 0 fully saturated rings. The number of carbonyl (C=O) groups is 3. The second-order valence-electron chi connectivity index (χ2n) is 13.9. The lowest BCUT2D eigenvalue weighted by Gasteiger charge is -2.18. The first-order valence-electron chi connectivity index (χ1n) is 20.7. The summed E-state index contributed by atoms with van der Waals surface area (Å²) >= 11 is 0. The second-order valence-corrected chi connectivity index (χ2v) is 13.9. The van der Waals surface area contributed by atoms with Crippen LogP contribution in [0.25, 0.3) is 0 Å². The van der Waals surface area contributed by atoms with Gasteiger partial charge in [0.2, 0.25) is 0 Å². The van der Waals surface area contributed by atoms with E-state index < -0.39 is 6.10 Å². The third-order valence-electron chi connectivity index (χ3n) is 9.02. The van der Waals surface area contributed by atoms with Gasteiger partial charge in [0.15, 0.2) is 6.10 Å². The maximum absolute atomic E-state index is 12.5. The molecule has 48 heavy (non-hydrogen) atoms. The zero-order chi connectivity index (χ0) is 35.2. The average molecular weight is 679 g/mol. The Hall–Kier alpha value is -1.85. The summed E-state index contributed by atoms with van der Waals surface area (Å²) < 4.78 is 16.4. The highest BCUT2D eigenvalue weighted by Crippen LogP contribution is 2.14. The van der Waals surface area contributed by atoms with Crippen LogP contribution < -0.4 is 0 Å². The predicted octanol–water partition coefficient (Wildman–Crippen LogP) is 12.7. The van der Waals surface area contributed by atoms with Gasteiger partial charge in [-0.05, 0) is 44.9 Å². The molecule has 0 aliphatic rings. The lowest BCUT2D eigenvalue weighted by molar-refractivity contribution is -0.167. The van der Waals surface area contributed by atoms with E-state index >= 15 is 0 Å². The molecular formula is C42H78O6. The van der Waals surface area contributed by atoms with Gasteiger partial charge in [0.1, 0.15) is 13.2 Å². The zero-order valence-electron chi connectivity index (χ0n) is 32.0. The number of esters is 3. The first-order chi connectivity index (χ1) is 23.5. The van der Waals surface area contributed by atoms with Crippen LogP contribution in [0, 0.1) is 0 Å². The Labute approximate surface area is 297 Å². The zero-order valence-corrected chi connectivity index (χ0v) is 32.0. The van der Waals surface area contributed by atoms with E-state index in [1.54, 1.807) is 0 Å². The smallest absolute Gasteiger partial charge is 0.306 e. The Morgan fingerprint density at radius 2 is 0.688 bits per heavy atom. The van der Waals surface area contributed by atoms with E-state index in [0.717, 1.165) is 64.2 Å². The number of allylic oxidation sites excluding steroid dienone is 2. The maximum atomic E-state index is 12.5. The van der Waals surface area contributed by atoms with Crippen LogP contribution in [-0.2, 0) is 28.6 Å². The molecule has 0 saturated heterocycles. The van der Waals surface area contributed by atoms with Gasteiger partial charge in [-0.15, -0.1) is 0 Å². The summed E-state index contributed by atoms with van der Waals surface area (Å²) in [6, 6.07) is 0. The molecule has 0 saturated carbocycles. The number of hydrogen-bond acceptors (Lipinski definition) is 6. The summed E-state index contributed by atoms with van der Waals surface area (Å²) in [6.07, 6.45) is 38.2. The highest BCUT2D eigenvalue weighted by molar-refractivity contribution is 5.71. The molecule has 0 aromatic heterocycles. The van der Waals surface area contributed by atoms with Gasteiger partial charge in [-0.25, -0.2) is 0 Å². The maximum Gasteiger partial charge on any atom is 0.306 e. The third kappa shape index (κ3) is 35.5. The molecule has 1 atom stereocenters. The first kappa shape index (κ1) is 46.1. The van der Waals surface area contributed by atoms with Crippen molar-refractivity contribution in [2.24, 2.45) is 0 Å².